The van der Waals surface area contributed by atoms with Gasteiger partial charge < -0.3 is 20.6 Å². The van der Waals surface area contributed by atoms with E-state index in [2.05, 4.69) is 10.3 Å². The normalized spacial score (nSPS) is 10.3. The van der Waals surface area contributed by atoms with Crippen molar-refractivity contribution in [3.63, 3.8) is 0 Å². The Labute approximate surface area is 92.9 Å². The first kappa shape index (κ1) is 10.5. The second-order valence-corrected chi connectivity index (χ2v) is 3.36. The SMILES string of the molecule is NCCc1coc(Nc2cccc(O)c2)n1. The minimum Gasteiger partial charge on any atom is -0.508 e. The quantitative estimate of drug-likeness (QED) is 0.727. The van der Waals surface area contributed by atoms with Gasteiger partial charge in [-0.25, -0.2) is 0 Å². The van der Waals surface area contributed by atoms with Gasteiger partial charge in [0.05, 0.1) is 5.69 Å². The van der Waals surface area contributed by atoms with Gasteiger partial charge >= 0.3 is 0 Å². The van der Waals surface area contributed by atoms with Crippen molar-refractivity contribution in [2.75, 3.05) is 11.9 Å². The number of benzene rings is 1. The van der Waals surface area contributed by atoms with Gasteiger partial charge in [0.15, 0.2) is 0 Å². The fraction of sp³-hybridized carbons (Fsp3) is 0.182. The van der Waals surface area contributed by atoms with E-state index in [9.17, 15) is 5.11 Å². The van der Waals surface area contributed by atoms with E-state index in [1.54, 1.807) is 24.5 Å². The molecule has 5 heteroatoms. The molecule has 16 heavy (non-hydrogen) atoms. The lowest BCUT2D eigenvalue weighted by atomic mass is 10.3. The Bertz CT molecular complexity index is 468. The van der Waals surface area contributed by atoms with Gasteiger partial charge in [-0.3, -0.25) is 0 Å². The van der Waals surface area contributed by atoms with E-state index in [0.29, 0.717) is 19.0 Å². The summed E-state index contributed by atoms with van der Waals surface area (Å²) in [7, 11) is 0. The van der Waals surface area contributed by atoms with Crippen molar-refractivity contribution >= 4 is 11.7 Å². The molecule has 0 aliphatic heterocycles. The predicted octanol–water partition coefficient (Wildman–Crippen LogP) is 1.62. The van der Waals surface area contributed by atoms with Gasteiger partial charge in [0.25, 0.3) is 6.01 Å². The number of hydrogen-bond donors (Lipinski definition) is 3. The number of hydrogen-bond acceptors (Lipinski definition) is 5. The van der Waals surface area contributed by atoms with Crippen molar-refractivity contribution in [3.05, 3.63) is 36.2 Å². The fourth-order valence-corrected chi connectivity index (χ4v) is 1.33. The van der Waals surface area contributed by atoms with Crippen molar-refractivity contribution in [2.45, 2.75) is 6.42 Å². The van der Waals surface area contributed by atoms with E-state index in [1.807, 2.05) is 6.07 Å². The van der Waals surface area contributed by atoms with Crippen LogP contribution < -0.4 is 11.1 Å². The summed E-state index contributed by atoms with van der Waals surface area (Å²) in [5.41, 5.74) is 6.94. The topological polar surface area (TPSA) is 84.3 Å². The van der Waals surface area contributed by atoms with Crippen molar-refractivity contribution in [3.8, 4) is 5.75 Å². The second kappa shape index (κ2) is 4.67. The van der Waals surface area contributed by atoms with Gasteiger partial charge in [0, 0.05) is 18.2 Å². The zero-order valence-corrected chi connectivity index (χ0v) is 8.68. The van der Waals surface area contributed by atoms with Gasteiger partial charge in [-0.05, 0) is 18.7 Å². The van der Waals surface area contributed by atoms with Gasteiger partial charge in [-0.15, -0.1) is 0 Å². The number of phenolic OH excluding ortho intramolecular Hbond substituents is 1. The molecule has 0 spiro atoms. The molecular formula is C11H13N3O2. The molecule has 0 fully saturated rings. The van der Waals surface area contributed by atoms with Crippen LogP contribution in [0.3, 0.4) is 0 Å². The van der Waals surface area contributed by atoms with E-state index in [1.165, 1.54) is 0 Å². The summed E-state index contributed by atoms with van der Waals surface area (Å²) in [6.07, 6.45) is 2.25. The second-order valence-electron chi connectivity index (χ2n) is 3.36. The molecule has 0 saturated heterocycles. The van der Waals surface area contributed by atoms with Crippen molar-refractivity contribution in [2.24, 2.45) is 5.73 Å². The largest absolute Gasteiger partial charge is 0.508 e. The molecule has 0 amide bonds. The zero-order valence-electron chi connectivity index (χ0n) is 8.68. The minimum atomic E-state index is 0.193. The third kappa shape index (κ3) is 2.52. The lowest BCUT2D eigenvalue weighted by Crippen LogP contribution is -2.02. The Morgan fingerprint density at radius 3 is 3.06 bits per heavy atom. The van der Waals surface area contributed by atoms with Crippen LogP contribution in [-0.4, -0.2) is 16.6 Å². The number of nitrogens with two attached hydrogens (primary N) is 1. The number of aromatic nitrogens is 1. The zero-order chi connectivity index (χ0) is 11.4. The first-order chi connectivity index (χ1) is 7.78. The molecule has 1 heterocycles. The van der Waals surface area contributed by atoms with Crippen LogP contribution in [0.15, 0.2) is 34.9 Å². The molecule has 5 nitrogen and oxygen atoms in total. The Kier molecular flexibility index (Phi) is 3.07. The summed E-state index contributed by atoms with van der Waals surface area (Å²) in [4.78, 5) is 4.19. The summed E-state index contributed by atoms with van der Waals surface area (Å²) >= 11 is 0. The molecule has 0 unspecified atom stereocenters. The smallest absolute Gasteiger partial charge is 0.299 e. The number of phenols is 1. The Balaban J connectivity index is 2.08. The van der Waals surface area contributed by atoms with Crippen molar-refractivity contribution in [1.29, 1.82) is 0 Å². The van der Waals surface area contributed by atoms with Gasteiger partial charge in [-0.2, -0.15) is 4.98 Å². The highest BCUT2D eigenvalue weighted by Gasteiger charge is 2.03. The van der Waals surface area contributed by atoms with E-state index >= 15 is 0 Å². The Hall–Kier alpha value is -2.01. The highest BCUT2D eigenvalue weighted by Crippen LogP contribution is 2.19. The molecule has 0 saturated carbocycles. The van der Waals surface area contributed by atoms with Gasteiger partial charge in [0.1, 0.15) is 12.0 Å². The number of oxazole rings is 1. The lowest BCUT2D eigenvalue weighted by Gasteiger charge is -2.01. The van der Waals surface area contributed by atoms with E-state index < -0.39 is 0 Å². The number of anilines is 2. The van der Waals surface area contributed by atoms with Crippen LogP contribution >= 0.6 is 0 Å². The summed E-state index contributed by atoms with van der Waals surface area (Å²) in [5.74, 6) is 0.193. The molecule has 2 aromatic rings. The summed E-state index contributed by atoms with van der Waals surface area (Å²) in [6, 6.07) is 7.13. The minimum absolute atomic E-state index is 0.193. The highest BCUT2D eigenvalue weighted by atomic mass is 16.4. The maximum atomic E-state index is 9.27. The molecule has 0 atom stereocenters. The average Bonchev–Trinajstić information content (AvgIpc) is 2.66. The number of nitrogens with zero attached hydrogens (tertiary/aromatic N) is 1. The molecule has 1 aromatic heterocycles. The first-order valence-corrected chi connectivity index (χ1v) is 4.98. The van der Waals surface area contributed by atoms with Gasteiger partial charge in [0.2, 0.25) is 0 Å². The maximum Gasteiger partial charge on any atom is 0.299 e. The van der Waals surface area contributed by atoms with Crippen molar-refractivity contribution < 1.29 is 9.52 Å². The number of aromatic hydroxyl groups is 1. The first-order valence-electron chi connectivity index (χ1n) is 4.98. The summed E-state index contributed by atoms with van der Waals surface area (Å²) in [5, 5.41) is 12.2. The third-order valence-corrected chi connectivity index (χ3v) is 2.05. The lowest BCUT2D eigenvalue weighted by molar-refractivity contribution is 0.475. The fourth-order valence-electron chi connectivity index (χ4n) is 1.33. The van der Waals surface area contributed by atoms with Crippen LogP contribution in [0.5, 0.6) is 5.75 Å². The van der Waals surface area contributed by atoms with Crippen LogP contribution in [-0.2, 0) is 6.42 Å². The monoisotopic (exact) mass is 219 g/mol. The van der Waals surface area contributed by atoms with Crippen LogP contribution in [0.4, 0.5) is 11.7 Å². The van der Waals surface area contributed by atoms with Crippen LogP contribution in [0, 0.1) is 0 Å². The number of rotatable bonds is 4. The third-order valence-electron chi connectivity index (χ3n) is 2.05. The molecule has 84 valence electrons. The van der Waals surface area contributed by atoms with Crippen LogP contribution in [0.2, 0.25) is 0 Å². The van der Waals surface area contributed by atoms with Crippen molar-refractivity contribution in [1.82, 2.24) is 4.98 Å². The van der Waals surface area contributed by atoms with Crippen LogP contribution in [0.1, 0.15) is 5.69 Å². The standard InChI is InChI=1S/C11H13N3O2/c12-5-4-9-7-16-11(14-9)13-8-2-1-3-10(15)6-8/h1-3,6-7,15H,4-5,12H2,(H,13,14). The average molecular weight is 219 g/mol. The van der Waals surface area contributed by atoms with E-state index in [4.69, 9.17) is 10.2 Å². The summed E-state index contributed by atoms with van der Waals surface area (Å²) < 4.78 is 5.20. The molecule has 0 aliphatic rings. The summed E-state index contributed by atoms with van der Waals surface area (Å²) in [6.45, 7) is 0.540. The predicted molar refractivity (Wildman–Crippen MR) is 60.7 cm³/mol. The van der Waals surface area contributed by atoms with Crippen LogP contribution in [0.25, 0.3) is 0 Å². The molecule has 0 bridgehead atoms. The Morgan fingerprint density at radius 1 is 1.44 bits per heavy atom. The molecular weight excluding hydrogens is 206 g/mol. The molecule has 1 aromatic carbocycles. The highest BCUT2D eigenvalue weighted by molar-refractivity contribution is 5.54. The maximum absolute atomic E-state index is 9.27. The number of nitrogens with one attached hydrogen (secondary N) is 1. The molecule has 0 radical (unpaired) electrons. The van der Waals surface area contributed by atoms with Gasteiger partial charge in [-0.1, -0.05) is 6.07 Å². The van der Waals surface area contributed by atoms with E-state index in [-0.39, 0.29) is 5.75 Å². The molecule has 0 aliphatic carbocycles. The molecule has 4 N–H and O–H groups in total. The van der Waals surface area contributed by atoms with E-state index in [0.717, 1.165) is 11.4 Å². The Morgan fingerprint density at radius 2 is 2.31 bits per heavy atom. The molecule has 2 rings (SSSR count).